The molecule has 0 atom stereocenters. The summed E-state index contributed by atoms with van der Waals surface area (Å²) in [6.07, 6.45) is 3.37. The van der Waals surface area contributed by atoms with Crippen molar-refractivity contribution in [2.45, 2.75) is 0 Å². The van der Waals surface area contributed by atoms with Crippen LogP contribution in [0.2, 0.25) is 0 Å². The minimum Gasteiger partial charge on any atom is -0.372 e. The van der Waals surface area contributed by atoms with Crippen LogP contribution in [-0.2, 0) is 0 Å². The van der Waals surface area contributed by atoms with Crippen LogP contribution in [0.25, 0.3) is 27.4 Å². The zero-order chi connectivity index (χ0) is 13.0. The van der Waals surface area contributed by atoms with Crippen LogP contribution in [0.5, 0.6) is 0 Å². The second-order valence-corrected chi connectivity index (χ2v) is 3.42. The Bertz CT molecular complexity index is 766. The molecule has 2 rings (SSSR count). The van der Waals surface area contributed by atoms with Crippen molar-refractivity contribution in [3.63, 3.8) is 0 Å². The van der Waals surface area contributed by atoms with Gasteiger partial charge in [0.25, 0.3) is 0 Å². The van der Waals surface area contributed by atoms with Gasteiger partial charge in [0.05, 0.1) is 10.9 Å². The highest BCUT2D eigenvalue weighted by molar-refractivity contribution is 5.79. The predicted octanol–water partition coefficient (Wildman–Crippen LogP) is 1.80. The Morgan fingerprint density at radius 1 is 1.44 bits per heavy atom. The van der Waals surface area contributed by atoms with Crippen LogP contribution >= 0.6 is 0 Å². The van der Waals surface area contributed by atoms with E-state index >= 15 is 0 Å². The molecule has 0 saturated heterocycles. The summed E-state index contributed by atoms with van der Waals surface area (Å²) in [5.41, 5.74) is 8.59. The van der Waals surface area contributed by atoms with Crippen LogP contribution in [0.4, 0.5) is 0 Å². The summed E-state index contributed by atoms with van der Waals surface area (Å²) in [4.78, 5) is 27.4. The van der Waals surface area contributed by atoms with E-state index in [1.54, 1.807) is 30.4 Å². The number of rotatable bonds is 3. The number of benzene rings is 1. The number of hydrogen-bond donors (Lipinski definition) is 1. The molecule has 18 heavy (non-hydrogen) atoms. The van der Waals surface area contributed by atoms with Crippen LogP contribution in [0.3, 0.4) is 0 Å². The summed E-state index contributed by atoms with van der Waals surface area (Å²) < 4.78 is 4.43. The molecule has 0 aliphatic rings. The van der Waals surface area contributed by atoms with E-state index in [2.05, 4.69) is 19.4 Å². The van der Waals surface area contributed by atoms with Crippen LogP contribution in [0.1, 0.15) is 5.56 Å². The quantitative estimate of drug-likeness (QED) is 0.504. The molecule has 1 heterocycles. The van der Waals surface area contributed by atoms with Gasteiger partial charge in [-0.15, -0.1) is 0 Å². The first-order chi connectivity index (χ1) is 8.70. The minimum absolute atomic E-state index is 0.231. The molecule has 1 aromatic heterocycles. The monoisotopic (exact) mass is 244 g/mol. The molecule has 0 aliphatic carbocycles. The Balaban J connectivity index is 2.44. The number of fused-ring (bicyclic) bond motifs is 1. The molecule has 2 aromatic rings. The normalized spacial score (nSPS) is 10.7. The second kappa shape index (κ2) is 5.03. The fourth-order valence-electron chi connectivity index (χ4n) is 1.49. The fraction of sp³-hybridized carbons (Fsp3) is 0.0909. The number of H-pyrrole nitrogens is 1. The highest BCUT2D eigenvalue weighted by Gasteiger charge is 2.02. The van der Waals surface area contributed by atoms with Crippen molar-refractivity contribution < 1.29 is 4.42 Å². The number of aromatic nitrogens is 1. The maximum atomic E-state index is 11.5. The molecule has 90 valence electrons. The van der Waals surface area contributed by atoms with Crippen molar-refractivity contribution in [2.75, 3.05) is 6.54 Å². The standard InChI is InChI=1S/C11H8N4O3/c12-15-13-5-1-2-7-3-4-9-8(6-7)10(16)18-11(17)14-9/h1-4,6H,5H2,(H,14,17). The van der Waals surface area contributed by atoms with Crippen molar-refractivity contribution >= 4 is 17.0 Å². The van der Waals surface area contributed by atoms with Gasteiger partial charge in [-0.2, -0.15) is 0 Å². The molecule has 1 N–H and O–H groups in total. The lowest BCUT2D eigenvalue weighted by atomic mass is 10.1. The smallest absolute Gasteiger partial charge is 0.372 e. The van der Waals surface area contributed by atoms with Gasteiger partial charge < -0.3 is 4.42 Å². The van der Waals surface area contributed by atoms with Gasteiger partial charge in [-0.3, -0.25) is 4.98 Å². The van der Waals surface area contributed by atoms with Crippen molar-refractivity contribution in [2.24, 2.45) is 5.11 Å². The Labute approximate surface area is 100.0 Å². The van der Waals surface area contributed by atoms with Crippen molar-refractivity contribution in [1.82, 2.24) is 4.98 Å². The first kappa shape index (κ1) is 11.7. The first-order valence-electron chi connectivity index (χ1n) is 5.05. The molecule has 0 amide bonds. The van der Waals surface area contributed by atoms with E-state index in [9.17, 15) is 9.59 Å². The van der Waals surface area contributed by atoms with E-state index in [1.165, 1.54) is 0 Å². The predicted molar refractivity (Wildman–Crippen MR) is 66.2 cm³/mol. The number of aromatic amines is 1. The Morgan fingerprint density at radius 2 is 2.28 bits per heavy atom. The molecule has 0 saturated carbocycles. The van der Waals surface area contributed by atoms with Crippen molar-refractivity contribution in [1.29, 1.82) is 0 Å². The van der Waals surface area contributed by atoms with Crippen LogP contribution in [0, 0.1) is 0 Å². The van der Waals surface area contributed by atoms with Crippen LogP contribution < -0.4 is 11.4 Å². The minimum atomic E-state index is -0.779. The lowest BCUT2D eigenvalue weighted by Gasteiger charge is -1.97. The molecular weight excluding hydrogens is 236 g/mol. The average molecular weight is 244 g/mol. The van der Waals surface area contributed by atoms with Crippen LogP contribution in [0.15, 0.2) is 43.4 Å². The fourth-order valence-corrected chi connectivity index (χ4v) is 1.49. The summed E-state index contributed by atoms with van der Waals surface area (Å²) in [5.74, 6) is -0.779. The van der Waals surface area contributed by atoms with Gasteiger partial charge in [0.2, 0.25) is 0 Å². The summed E-state index contributed by atoms with van der Waals surface area (Å²) in [5, 5.41) is 3.64. The highest BCUT2D eigenvalue weighted by atomic mass is 16.4. The summed E-state index contributed by atoms with van der Waals surface area (Å²) >= 11 is 0. The molecule has 0 radical (unpaired) electrons. The lowest BCUT2D eigenvalue weighted by molar-refractivity contribution is 0.460. The third-order valence-corrected chi connectivity index (χ3v) is 2.25. The Kier molecular flexibility index (Phi) is 3.26. The van der Waals surface area contributed by atoms with Gasteiger partial charge >= 0.3 is 11.4 Å². The highest BCUT2D eigenvalue weighted by Crippen LogP contribution is 2.10. The summed E-state index contributed by atoms with van der Waals surface area (Å²) in [6, 6.07) is 4.93. The topological polar surface area (TPSA) is 112 Å². The van der Waals surface area contributed by atoms with E-state index in [0.717, 1.165) is 5.56 Å². The Hall–Kier alpha value is -2.79. The lowest BCUT2D eigenvalue weighted by Crippen LogP contribution is -2.14. The third kappa shape index (κ3) is 2.47. The molecule has 0 fully saturated rings. The van der Waals surface area contributed by atoms with Crippen molar-refractivity contribution in [3.05, 3.63) is 61.3 Å². The molecule has 7 nitrogen and oxygen atoms in total. The maximum Gasteiger partial charge on any atom is 0.419 e. The average Bonchev–Trinajstić information content (AvgIpc) is 2.35. The van der Waals surface area contributed by atoms with E-state index in [-0.39, 0.29) is 6.54 Å². The summed E-state index contributed by atoms with van der Waals surface area (Å²) in [7, 11) is 0. The molecule has 7 heteroatoms. The van der Waals surface area contributed by atoms with Gasteiger partial charge in [-0.05, 0) is 23.2 Å². The number of nitrogens with zero attached hydrogens (tertiary/aromatic N) is 3. The van der Waals surface area contributed by atoms with E-state index in [0.29, 0.717) is 10.9 Å². The summed E-state index contributed by atoms with van der Waals surface area (Å²) in [6.45, 7) is 0.231. The third-order valence-electron chi connectivity index (χ3n) is 2.25. The zero-order valence-corrected chi connectivity index (χ0v) is 9.16. The molecule has 1 aromatic carbocycles. The van der Waals surface area contributed by atoms with Gasteiger partial charge in [0.15, 0.2) is 0 Å². The van der Waals surface area contributed by atoms with Gasteiger partial charge in [0.1, 0.15) is 0 Å². The number of azide groups is 1. The van der Waals surface area contributed by atoms with Gasteiger partial charge in [-0.25, -0.2) is 9.59 Å². The zero-order valence-electron chi connectivity index (χ0n) is 9.16. The van der Waals surface area contributed by atoms with E-state index < -0.39 is 11.4 Å². The first-order valence-corrected chi connectivity index (χ1v) is 5.05. The largest absolute Gasteiger partial charge is 0.419 e. The van der Waals surface area contributed by atoms with Gasteiger partial charge in [0, 0.05) is 11.5 Å². The van der Waals surface area contributed by atoms with Gasteiger partial charge in [-0.1, -0.05) is 23.3 Å². The second-order valence-electron chi connectivity index (χ2n) is 3.42. The molecule has 0 aliphatic heterocycles. The number of hydrogen-bond acceptors (Lipinski definition) is 4. The maximum absolute atomic E-state index is 11.5. The van der Waals surface area contributed by atoms with Crippen molar-refractivity contribution in [3.8, 4) is 0 Å². The van der Waals surface area contributed by atoms with Crippen LogP contribution in [-0.4, -0.2) is 11.5 Å². The van der Waals surface area contributed by atoms with E-state index in [4.69, 9.17) is 5.53 Å². The number of nitrogens with one attached hydrogen (secondary N) is 1. The molecule has 0 bridgehead atoms. The molecule has 0 unspecified atom stereocenters. The molecular formula is C11H8N4O3. The SMILES string of the molecule is [N-]=[N+]=NCC=Cc1ccc2[nH]c(=O)oc(=O)c2c1. The van der Waals surface area contributed by atoms with E-state index in [1.807, 2.05) is 0 Å². The molecule has 0 spiro atoms. The Morgan fingerprint density at radius 3 is 3.06 bits per heavy atom.